The standard InChI is InChI=1S/C11H10N2O3S.C2H4/c1-13-8-5-3-2-4-7(8)11-10(13)9(14)6-12-17(11,15)16;1-2/h2-5,12H,6H2,1H3;1-2H2. The summed E-state index contributed by atoms with van der Waals surface area (Å²) >= 11 is 0. The van der Waals surface area contributed by atoms with Gasteiger partial charge in [-0.3, -0.25) is 4.79 Å². The quantitative estimate of drug-likeness (QED) is 0.742. The van der Waals surface area contributed by atoms with Crippen molar-refractivity contribution in [3.8, 4) is 0 Å². The second-order valence-electron chi connectivity index (χ2n) is 4.00. The molecular weight excluding hydrogens is 264 g/mol. The molecule has 1 aliphatic rings. The summed E-state index contributed by atoms with van der Waals surface area (Å²) in [6.07, 6.45) is 0. The van der Waals surface area contributed by atoms with E-state index in [0.717, 1.165) is 5.52 Å². The molecule has 19 heavy (non-hydrogen) atoms. The summed E-state index contributed by atoms with van der Waals surface area (Å²) in [6.45, 7) is 5.83. The minimum atomic E-state index is -3.57. The highest BCUT2D eigenvalue weighted by molar-refractivity contribution is 7.90. The van der Waals surface area contributed by atoms with Crippen molar-refractivity contribution in [2.75, 3.05) is 6.54 Å². The molecule has 1 aromatic heterocycles. The normalized spacial score (nSPS) is 16.6. The van der Waals surface area contributed by atoms with E-state index in [1.807, 2.05) is 6.07 Å². The predicted molar refractivity (Wildman–Crippen MR) is 73.7 cm³/mol. The predicted octanol–water partition coefficient (Wildman–Crippen LogP) is 1.46. The summed E-state index contributed by atoms with van der Waals surface area (Å²) in [5.74, 6) is -0.200. The van der Waals surface area contributed by atoms with E-state index in [-0.39, 0.29) is 22.9 Å². The lowest BCUT2D eigenvalue weighted by molar-refractivity contribution is 0.0983. The van der Waals surface area contributed by atoms with Crippen LogP contribution in [0.4, 0.5) is 0 Å². The molecule has 0 bridgehead atoms. The minimum absolute atomic E-state index is 0.104. The van der Waals surface area contributed by atoms with Gasteiger partial charge >= 0.3 is 0 Å². The van der Waals surface area contributed by atoms with Crippen molar-refractivity contribution in [1.82, 2.24) is 9.29 Å². The molecule has 5 nitrogen and oxygen atoms in total. The summed E-state index contributed by atoms with van der Waals surface area (Å²) in [6, 6.07) is 7.10. The lowest BCUT2D eigenvalue weighted by Gasteiger charge is -2.14. The average Bonchev–Trinajstić information content (AvgIpc) is 2.73. The Morgan fingerprint density at radius 1 is 1.26 bits per heavy atom. The number of sulfonamides is 1. The highest BCUT2D eigenvalue weighted by Crippen LogP contribution is 2.31. The SMILES string of the molecule is C=C.Cn1c2c(c3ccccc31)S(=O)(=O)NCC2=O. The number of rotatable bonds is 0. The number of hydrogen-bond donors (Lipinski definition) is 1. The number of carbonyl (C=O) groups excluding carboxylic acids is 1. The third-order valence-electron chi connectivity index (χ3n) is 3.02. The van der Waals surface area contributed by atoms with Gasteiger partial charge in [0.2, 0.25) is 10.0 Å². The molecule has 6 heteroatoms. The summed E-state index contributed by atoms with van der Waals surface area (Å²) < 4.78 is 27.9. The molecule has 0 radical (unpaired) electrons. The number of para-hydroxylation sites is 1. The molecule has 0 saturated heterocycles. The van der Waals surface area contributed by atoms with Crippen LogP contribution in [0.15, 0.2) is 42.3 Å². The van der Waals surface area contributed by atoms with Gasteiger partial charge in [-0.05, 0) is 6.07 Å². The summed E-state index contributed by atoms with van der Waals surface area (Å²) in [4.78, 5) is 11.9. The minimum Gasteiger partial charge on any atom is -0.340 e. The summed E-state index contributed by atoms with van der Waals surface area (Å²) in [7, 11) is -1.86. The number of aryl methyl sites for hydroxylation is 1. The van der Waals surface area contributed by atoms with Crippen LogP contribution in [0.5, 0.6) is 0 Å². The smallest absolute Gasteiger partial charge is 0.243 e. The fourth-order valence-corrected chi connectivity index (χ4v) is 3.69. The first-order chi connectivity index (χ1) is 9.02. The first kappa shape index (κ1) is 13.5. The molecule has 2 aromatic rings. The van der Waals surface area contributed by atoms with Crippen LogP contribution in [0.25, 0.3) is 10.9 Å². The van der Waals surface area contributed by atoms with Crippen LogP contribution < -0.4 is 4.72 Å². The number of fused-ring (bicyclic) bond motifs is 3. The molecule has 0 fully saturated rings. The van der Waals surface area contributed by atoms with Gasteiger partial charge in [-0.15, -0.1) is 13.2 Å². The van der Waals surface area contributed by atoms with Crippen molar-refractivity contribution in [3.05, 3.63) is 43.1 Å². The van der Waals surface area contributed by atoms with Crippen LogP contribution in [0.3, 0.4) is 0 Å². The Bertz CT molecular complexity index is 760. The lowest BCUT2D eigenvalue weighted by atomic mass is 10.2. The maximum absolute atomic E-state index is 12.0. The van der Waals surface area contributed by atoms with Crippen LogP contribution in [0, 0.1) is 0 Å². The Hall–Kier alpha value is -1.92. The van der Waals surface area contributed by atoms with Gasteiger partial charge in [0.05, 0.1) is 6.54 Å². The molecule has 3 rings (SSSR count). The fourth-order valence-electron chi connectivity index (χ4n) is 2.26. The molecule has 2 heterocycles. The molecule has 0 aliphatic carbocycles. The van der Waals surface area contributed by atoms with Crippen molar-refractivity contribution in [2.24, 2.45) is 7.05 Å². The first-order valence-electron chi connectivity index (χ1n) is 5.62. The van der Waals surface area contributed by atoms with Crippen LogP contribution in [0.1, 0.15) is 10.5 Å². The maximum atomic E-state index is 12.0. The number of ketones is 1. The molecule has 0 atom stereocenters. The largest absolute Gasteiger partial charge is 0.340 e. The Morgan fingerprint density at radius 2 is 1.89 bits per heavy atom. The van der Waals surface area contributed by atoms with Gasteiger partial charge < -0.3 is 4.57 Å². The van der Waals surface area contributed by atoms with Crippen LogP contribution >= 0.6 is 0 Å². The van der Waals surface area contributed by atoms with Crippen molar-refractivity contribution in [2.45, 2.75) is 4.90 Å². The molecule has 1 aliphatic heterocycles. The van der Waals surface area contributed by atoms with E-state index >= 15 is 0 Å². The molecule has 0 unspecified atom stereocenters. The van der Waals surface area contributed by atoms with E-state index in [1.165, 1.54) is 0 Å². The maximum Gasteiger partial charge on any atom is 0.243 e. The van der Waals surface area contributed by atoms with Crippen molar-refractivity contribution >= 4 is 26.7 Å². The Morgan fingerprint density at radius 3 is 2.58 bits per heavy atom. The van der Waals surface area contributed by atoms with E-state index in [1.54, 1.807) is 29.8 Å². The molecule has 1 N–H and O–H groups in total. The highest BCUT2D eigenvalue weighted by Gasteiger charge is 2.34. The Kier molecular flexibility index (Phi) is 3.30. The van der Waals surface area contributed by atoms with Crippen molar-refractivity contribution in [1.29, 1.82) is 0 Å². The van der Waals surface area contributed by atoms with E-state index in [0.29, 0.717) is 5.39 Å². The van der Waals surface area contributed by atoms with Gasteiger partial charge in [0, 0.05) is 18.0 Å². The second-order valence-corrected chi connectivity index (χ2v) is 5.71. The fraction of sp³-hybridized carbons (Fsp3) is 0.154. The highest BCUT2D eigenvalue weighted by atomic mass is 32.2. The molecule has 100 valence electrons. The third-order valence-corrected chi connectivity index (χ3v) is 4.49. The molecule has 0 spiro atoms. The number of carbonyl (C=O) groups is 1. The van der Waals surface area contributed by atoms with E-state index < -0.39 is 10.0 Å². The first-order valence-corrected chi connectivity index (χ1v) is 7.11. The van der Waals surface area contributed by atoms with Gasteiger partial charge in [0.25, 0.3) is 0 Å². The topological polar surface area (TPSA) is 68.2 Å². The Labute approximate surface area is 111 Å². The van der Waals surface area contributed by atoms with E-state index in [4.69, 9.17) is 0 Å². The Balaban J connectivity index is 0.000000637. The monoisotopic (exact) mass is 278 g/mol. The molecular formula is C13H14N2O3S. The number of nitrogens with one attached hydrogen (secondary N) is 1. The number of benzene rings is 1. The summed E-state index contributed by atoms with van der Waals surface area (Å²) in [5, 5.41) is 0.588. The number of nitrogens with zero attached hydrogens (tertiary/aromatic N) is 1. The van der Waals surface area contributed by atoms with Crippen LogP contribution in [-0.4, -0.2) is 25.3 Å². The van der Waals surface area contributed by atoms with E-state index in [9.17, 15) is 13.2 Å². The van der Waals surface area contributed by atoms with Gasteiger partial charge in [0.15, 0.2) is 5.78 Å². The van der Waals surface area contributed by atoms with Gasteiger partial charge in [0.1, 0.15) is 10.6 Å². The lowest BCUT2D eigenvalue weighted by Crippen LogP contribution is -2.36. The average molecular weight is 278 g/mol. The molecule has 0 saturated carbocycles. The van der Waals surface area contributed by atoms with Crippen LogP contribution in [-0.2, 0) is 17.1 Å². The zero-order valence-corrected chi connectivity index (χ0v) is 11.3. The van der Waals surface area contributed by atoms with Crippen molar-refractivity contribution in [3.63, 3.8) is 0 Å². The van der Waals surface area contributed by atoms with Gasteiger partial charge in [-0.25, -0.2) is 13.1 Å². The molecule has 0 amide bonds. The summed E-state index contributed by atoms with van der Waals surface area (Å²) in [5.41, 5.74) is 1.02. The zero-order valence-electron chi connectivity index (χ0n) is 10.5. The second kappa shape index (κ2) is 4.64. The zero-order chi connectivity index (χ0) is 14.2. The number of aromatic nitrogens is 1. The third kappa shape index (κ3) is 1.89. The number of hydrogen-bond acceptors (Lipinski definition) is 3. The number of Topliss-reactive ketones (excluding diaryl/α,β-unsaturated/α-hetero) is 1. The molecule has 1 aromatic carbocycles. The van der Waals surface area contributed by atoms with Crippen molar-refractivity contribution < 1.29 is 13.2 Å². The van der Waals surface area contributed by atoms with Gasteiger partial charge in [-0.1, -0.05) is 18.2 Å². The van der Waals surface area contributed by atoms with Gasteiger partial charge in [-0.2, -0.15) is 0 Å². The van der Waals surface area contributed by atoms with Crippen LogP contribution in [0.2, 0.25) is 0 Å². The van der Waals surface area contributed by atoms with E-state index in [2.05, 4.69) is 17.9 Å².